The fraction of sp³-hybridized carbons (Fsp3) is 0.381. The molecule has 3 aromatic rings. The van der Waals surface area contributed by atoms with Crippen molar-refractivity contribution < 1.29 is 13.9 Å². The van der Waals surface area contributed by atoms with Gasteiger partial charge in [0, 0.05) is 17.7 Å². The van der Waals surface area contributed by atoms with Crippen molar-refractivity contribution in [2.45, 2.75) is 45.1 Å². The molecule has 0 unspecified atom stereocenters. The Hall–Kier alpha value is -2.74. The largest absolute Gasteiger partial charge is 0.494 e. The van der Waals surface area contributed by atoms with E-state index in [1.165, 1.54) is 24.1 Å². The van der Waals surface area contributed by atoms with Crippen molar-refractivity contribution in [3.05, 3.63) is 56.2 Å². The molecule has 2 N–H and O–H groups in total. The van der Waals surface area contributed by atoms with Crippen LogP contribution >= 0.6 is 11.3 Å². The Bertz CT molecular complexity index is 1140. The first-order valence-electron chi connectivity index (χ1n) is 9.62. The number of aromatic nitrogens is 2. The van der Waals surface area contributed by atoms with Gasteiger partial charge in [-0.25, -0.2) is 9.37 Å². The number of halogens is 1. The first-order valence-corrected chi connectivity index (χ1v) is 10.4. The maximum absolute atomic E-state index is 13.9. The molecule has 4 rings (SSSR count). The summed E-state index contributed by atoms with van der Waals surface area (Å²) in [4.78, 5) is 34.2. The smallest absolute Gasteiger partial charge is 0.259 e. The molecule has 0 saturated heterocycles. The number of hydrogen-bond donors (Lipinski definition) is 2. The van der Waals surface area contributed by atoms with Crippen molar-refractivity contribution >= 4 is 27.5 Å². The van der Waals surface area contributed by atoms with Crippen LogP contribution in [-0.2, 0) is 24.1 Å². The summed E-state index contributed by atoms with van der Waals surface area (Å²) < 4.78 is 18.8. The van der Waals surface area contributed by atoms with Gasteiger partial charge in [0.1, 0.15) is 10.7 Å². The molecular weight excluding hydrogens is 393 g/mol. The van der Waals surface area contributed by atoms with Gasteiger partial charge in [0.05, 0.1) is 18.5 Å². The zero-order valence-electron chi connectivity index (χ0n) is 16.3. The fourth-order valence-corrected chi connectivity index (χ4v) is 5.03. The molecule has 1 aromatic carbocycles. The number of hydrogen-bond acceptors (Lipinski definition) is 5. The highest BCUT2D eigenvalue weighted by molar-refractivity contribution is 7.18. The van der Waals surface area contributed by atoms with Crippen LogP contribution in [0.2, 0.25) is 0 Å². The van der Waals surface area contributed by atoms with E-state index >= 15 is 0 Å². The molecule has 1 aliphatic rings. The third-order valence-electron chi connectivity index (χ3n) is 5.27. The van der Waals surface area contributed by atoms with Crippen LogP contribution in [0, 0.1) is 5.82 Å². The van der Waals surface area contributed by atoms with Crippen LogP contribution in [0.1, 0.15) is 47.6 Å². The number of carbonyl (C=O) groups is 1. The number of fused-ring (bicyclic) bond motifs is 3. The molecule has 0 saturated carbocycles. The van der Waals surface area contributed by atoms with Gasteiger partial charge >= 0.3 is 0 Å². The second-order valence-electron chi connectivity index (χ2n) is 7.23. The Morgan fingerprint density at radius 1 is 1.41 bits per heavy atom. The molecule has 6 nitrogen and oxygen atoms in total. The topological polar surface area (TPSA) is 84.1 Å². The highest BCUT2D eigenvalue weighted by atomic mass is 32.1. The lowest BCUT2D eigenvalue weighted by molar-refractivity contribution is -0.121. The monoisotopic (exact) mass is 415 g/mol. The minimum atomic E-state index is -0.468. The quantitative estimate of drug-likeness (QED) is 0.646. The number of aromatic amines is 1. The van der Waals surface area contributed by atoms with E-state index in [9.17, 15) is 14.0 Å². The number of thiophene rings is 1. The summed E-state index contributed by atoms with van der Waals surface area (Å²) in [5.41, 5.74) is 1.67. The van der Waals surface area contributed by atoms with E-state index < -0.39 is 5.82 Å². The maximum atomic E-state index is 13.9. The van der Waals surface area contributed by atoms with E-state index in [0.717, 1.165) is 29.7 Å². The summed E-state index contributed by atoms with van der Waals surface area (Å²) in [7, 11) is 1.41. The molecule has 0 aliphatic heterocycles. The van der Waals surface area contributed by atoms with E-state index in [0.29, 0.717) is 23.2 Å². The summed E-state index contributed by atoms with van der Waals surface area (Å²) in [5.74, 6) is 0.0205. The van der Waals surface area contributed by atoms with Crippen LogP contribution in [0.25, 0.3) is 10.2 Å². The van der Waals surface area contributed by atoms with E-state index in [1.54, 1.807) is 24.3 Å². The van der Waals surface area contributed by atoms with E-state index in [4.69, 9.17) is 4.74 Å². The van der Waals surface area contributed by atoms with Crippen molar-refractivity contribution in [1.29, 1.82) is 0 Å². The summed E-state index contributed by atoms with van der Waals surface area (Å²) in [6.07, 6.45) is 3.56. The van der Waals surface area contributed by atoms with Crippen LogP contribution in [0.3, 0.4) is 0 Å². The molecule has 2 aromatic heterocycles. The van der Waals surface area contributed by atoms with E-state index in [1.807, 2.05) is 0 Å². The number of nitrogens with one attached hydrogen (secondary N) is 2. The summed E-state index contributed by atoms with van der Waals surface area (Å²) in [5, 5.41) is 3.56. The molecule has 0 bridgehead atoms. The maximum Gasteiger partial charge on any atom is 0.259 e. The van der Waals surface area contributed by atoms with Crippen LogP contribution < -0.4 is 15.6 Å². The normalized spacial score (nSPS) is 14.0. The highest BCUT2D eigenvalue weighted by Gasteiger charge is 2.21. The van der Waals surface area contributed by atoms with E-state index in [2.05, 4.69) is 15.3 Å². The van der Waals surface area contributed by atoms with Crippen molar-refractivity contribution in [3.63, 3.8) is 0 Å². The van der Waals surface area contributed by atoms with Gasteiger partial charge in [-0.15, -0.1) is 11.3 Å². The lowest BCUT2D eigenvalue weighted by Crippen LogP contribution is -2.27. The predicted octanol–water partition coefficient (Wildman–Crippen LogP) is 3.43. The first-order chi connectivity index (χ1) is 14.0. The van der Waals surface area contributed by atoms with Gasteiger partial charge in [-0.1, -0.05) is 6.07 Å². The number of benzene rings is 1. The standard InChI is InChI=1S/C21H22FN3O3S/c1-11(12-6-7-15(28-2)14(22)10-12)23-18(26)9-8-17-24-20(27)19-13-4-3-5-16(13)29-21(19)25-17/h6-7,10-11H,3-5,8-9H2,1-2H3,(H,23,26)(H,24,25,27)/t11-/m0/s1. The van der Waals surface area contributed by atoms with Crippen molar-refractivity contribution in [3.8, 4) is 5.75 Å². The Morgan fingerprint density at radius 2 is 2.24 bits per heavy atom. The van der Waals surface area contributed by atoms with Crippen LogP contribution in [0.15, 0.2) is 23.0 Å². The van der Waals surface area contributed by atoms with Gasteiger partial charge in [-0.05, 0) is 49.4 Å². The molecule has 0 spiro atoms. The number of carbonyl (C=O) groups excluding carboxylic acids is 1. The number of amides is 1. The van der Waals surface area contributed by atoms with Gasteiger partial charge in [-0.3, -0.25) is 9.59 Å². The van der Waals surface area contributed by atoms with E-state index in [-0.39, 0.29) is 29.7 Å². The third kappa shape index (κ3) is 3.89. The summed E-state index contributed by atoms with van der Waals surface area (Å²) in [6.45, 7) is 1.79. The second kappa shape index (κ2) is 7.94. The molecule has 0 fully saturated rings. The molecule has 0 radical (unpaired) electrons. The number of H-pyrrole nitrogens is 1. The molecule has 2 heterocycles. The molecular formula is C21H22FN3O3S. The zero-order valence-corrected chi connectivity index (χ0v) is 17.1. The average Bonchev–Trinajstić information content (AvgIpc) is 3.27. The lowest BCUT2D eigenvalue weighted by Gasteiger charge is -2.15. The summed E-state index contributed by atoms with van der Waals surface area (Å²) in [6, 6.07) is 4.26. The number of ether oxygens (including phenoxy) is 1. The van der Waals surface area contributed by atoms with Gasteiger partial charge < -0.3 is 15.0 Å². The van der Waals surface area contributed by atoms with Crippen LogP contribution in [0.5, 0.6) is 5.75 Å². The third-order valence-corrected chi connectivity index (χ3v) is 6.45. The molecule has 1 amide bonds. The number of rotatable bonds is 6. The SMILES string of the molecule is COc1ccc([C@H](C)NC(=O)CCc2nc3sc4c(c3c(=O)[nH]2)CCC4)cc1F. The molecule has 1 aliphatic carbocycles. The number of aryl methyl sites for hydroxylation is 3. The zero-order chi connectivity index (χ0) is 20.5. The van der Waals surface area contributed by atoms with Crippen molar-refractivity contribution in [2.75, 3.05) is 7.11 Å². The average molecular weight is 415 g/mol. The Kier molecular flexibility index (Phi) is 5.36. The van der Waals surface area contributed by atoms with Crippen LogP contribution in [0.4, 0.5) is 4.39 Å². The van der Waals surface area contributed by atoms with Gasteiger partial charge in [0.2, 0.25) is 5.91 Å². The molecule has 1 atom stereocenters. The number of methoxy groups -OCH3 is 1. The van der Waals surface area contributed by atoms with Crippen molar-refractivity contribution in [1.82, 2.24) is 15.3 Å². The lowest BCUT2D eigenvalue weighted by atomic mass is 10.1. The predicted molar refractivity (Wildman–Crippen MR) is 110 cm³/mol. The first kappa shape index (κ1) is 19.6. The minimum Gasteiger partial charge on any atom is -0.494 e. The van der Waals surface area contributed by atoms with Gasteiger partial charge in [0.15, 0.2) is 11.6 Å². The Balaban J connectivity index is 1.40. The molecule has 29 heavy (non-hydrogen) atoms. The molecule has 8 heteroatoms. The second-order valence-corrected chi connectivity index (χ2v) is 8.32. The minimum absolute atomic E-state index is 0.119. The fourth-order valence-electron chi connectivity index (χ4n) is 3.75. The number of nitrogens with zero attached hydrogens (tertiary/aromatic N) is 1. The molecule has 152 valence electrons. The van der Waals surface area contributed by atoms with Crippen molar-refractivity contribution in [2.24, 2.45) is 0 Å². The Labute approximate surface area is 171 Å². The highest BCUT2D eigenvalue weighted by Crippen LogP contribution is 2.34. The van der Waals surface area contributed by atoms with Gasteiger partial charge in [0.25, 0.3) is 5.56 Å². The summed E-state index contributed by atoms with van der Waals surface area (Å²) >= 11 is 1.58. The van der Waals surface area contributed by atoms with Crippen LogP contribution in [-0.4, -0.2) is 23.0 Å². The van der Waals surface area contributed by atoms with Gasteiger partial charge in [-0.2, -0.15) is 0 Å². The Morgan fingerprint density at radius 3 is 3.00 bits per heavy atom.